The quantitative estimate of drug-likeness (QED) is 0.835. The second-order valence-electron chi connectivity index (χ2n) is 5.75. The van der Waals surface area contributed by atoms with Gasteiger partial charge < -0.3 is 10.6 Å². The largest absolute Gasteiger partial charge is 0.337 e. The number of hydrogen-bond donors (Lipinski definition) is 1. The number of para-hydroxylation sites is 1. The van der Waals surface area contributed by atoms with E-state index < -0.39 is 0 Å². The van der Waals surface area contributed by atoms with Gasteiger partial charge in [-0.1, -0.05) is 23.9 Å². The maximum absolute atomic E-state index is 12.5. The number of aromatic nitrogens is 1. The highest BCUT2D eigenvalue weighted by molar-refractivity contribution is 8.01. The van der Waals surface area contributed by atoms with Gasteiger partial charge in [-0.3, -0.25) is 4.79 Å². The number of halogens is 1. The molecule has 7 heteroatoms. The lowest BCUT2D eigenvalue weighted by Crippen LogP contribution is -2.52. The van der Waals surface area contributed by atoms with Crippen LogP contribution < -0.4 is 5.73 Å². The molecule has 1 amide bonds. The first-order chi connectivity index (χ1) is 10.6. The van der Waals surface area contributed by atoms with E-state index in [1.54, 1.807) is 11.3 Å². The van der Waals surface area contributed by atoms with Gasteiger partial charge in [-0.05, 0) is 38.3 Å². The summed E-state index contributed by atoms with van der Waals surface area (Å²) in [7, 11) is 0. The number of thiazole rings is 1. The number of carbonyl (C=O) groups excluding carboxylic acids is 1. The van der Waals surface area contributed by atoms with Gasteiger partial charge >= 0.3 is 0 Å². The third kappa shape index (κ3) is 4.38. The number of thioether (sulfide) groups is 1. The number of likely N-dealkylation sites (tertiary alicyclic amines) is 1. The Hall–Kier alpha value is -0.820. The highest BCUT2D eigenvalue weighted by Gasteiger charge is 2.29. The lowest BCUT2D eigenvalue weighted by Gasteiger charge is -2.38. The van der Waals surface area contributed by atoms with Gasteiger partial charge in [0.15, 0.2) is 4.34 Å². The molecule has 2 heterocycles. The van der Waals surface area contributed by atoms with Crippen molar-refractivity contribution in [1.82, 2.24) is 9.88 Å². The molecule has 2 aromatic rings. The molecule has 1 fully saturated rings. The fourth-order valence-electron chi connectivity index (χ4n) is 2.93. The van der Waals surface area contributed by atoms with Gasteiger partial charge in [0.1, 0.15) is 0 Å². The van der Waals surface area contributed by atoms with Crippen LogP contribution in [0, 0.1) is 0 Å². The van der Waals surface area contributed by atoms with Gasteiger partial charge in [-0.25, -0.2) is 4.98 Å². The van der Waals surface area contributed by atoms with Crippen molar-refractivity contribution in [3.63, 3.8) is 0 Å². The average molecular weight is 372 g/mol. The Kier molecular flexibility index (Phi) is 6.71. The zero-order valence-electron chi connectivity index (χ0n) is 13.1. The average Bonchev–Trinajstić information content (AvgIpc) is 2.95. The van der Waals surface area contributed by atoms with Crippen molar-refractivity contribution in [3.8, 4) is 0 Å². The molecule has 3 rings (SSSR count). The molecule has 4 nitrogen and oxygen atoms in total. The number of hydrogen-bond acceptors (Lipinski definition) is 5. The Morgan fingerprint density at radius 2 is 2.26 bits per heavy atom. The Labute approximate surface area is 151 Å². The summed E-state index contributed by atoms with van der Waals surface area (Å²) < 4.78 is 2.13. The fourth-order valence-corrected chi connectivity index (χ4v) is 4.89. The molecule has 2 unspecified atom stereocenters. The minimum atomic E-state index is 0. The van der Waals surface area contributed by atoms with E-state index in [4.69, 9.17) is 5.73 Å². The van der Waals surface area contributed by atoms with Crippen LogP contribution in [-0.4, -0.2) is 40.2 Å². The zero-order valence-corrected chi connectivity index (χ0v) is 15.6. The van der Waals surface area contributed by atoms with Crippen molar-refractivity contribution in [1.29, 1.82) is 0 Å². The van der Waals surface area contributed by atoms with Crippen LogP contribution in [0.3, 0.4) is 0 Å². The third-order valence-electron chi connectivity index (χ3n) is 4.07. The minimum absolute atomic E-state index is 0. The second-order valence-corrected chi connectivity index (χ2v) is 8.00. The van der Waals surface area contributed by atoms with Gasteiger partial charge in [0.25, 0.3) is 0 Å². The number of fused-ring (bicyclic) bond motifs is 1. The predicted molar refractivity (Wildman–Crippen MR) is 101 cm³/mol. The van der Waals surface area contributed by atoms with E-state index >= 15 is 0 Å². The van der Waals surface area contributed by atoms with E-state index in [0.717, 1.165) is 29.2 Å². The molecule has 23 heavy (non-hydrogen) atoms. The van der Waals surface area contributed by atoms with Crippen molar-refractivity contribution in [2.75, 3.05) is 12.3 Å². The summed E-state index contributed by atoms with van der Waals surface area (Å²) in [5.41, 5.74) is 7.05. The molecule has 0 aliphatic carbocycles. The Morgan fingerprint density at radius 3 is 3.00 bits per heavy atom. The first-order valence-electron chi connectivity index (χ1n) is 7.68. The Bertz CT molecular complexity index is 629. The van der Waals surface area contributed by atoms with Crippen LogP contribution in [0.15, 0.2) is 28.6 Å². The molecule has 1 aliphatic rings. The lowest BCUT2D eigenvalue weighted by molar-refractivity contribution is -0.132. The number of nitrogens with two attached hydrogens (primary N) is 1. The van der Waals surface area contributed by atoms with Crippen molar-refractivity contribution in [2.24, 2.45) is 5.73 Å². The summed E-state index contributed by atoms with van der Waals surface area (Å²) in [5.74, 6) is 0.634. The van der Waals surface area contributed by atoms with E-state index in [2.05, 4.69) is 11.1 Å². The summed E-state index contributed by atoms with van der Waals surface area (Å²) in [5, 5.41) is 0. The van der Waals surface area contributed by atoms with Crippen molar-refractivity contribution < 1.29 is 4.79 Å². The van der Waals surface area contributed by atoms with E-state index in [9.17, 15) is 4.79 Å². The van der Waals surface area contributed by atoms with Gasteiger partial charge in [0.05, 0.1) is 16.0 Å². The minimum Gasteiger partial charge on any atom is -0.337 e. The summed E-state index contributed by atoms with van der Waals surface area (Å²) in [6.45, 7) is 2.84. The monoisotopic (exact) mass is 371 g/mol. The highest BCUT2D eigenvalue weighted by Crippen LogP contribution is 2.30. The molecule has 1 aromatic heterocycles. The predicted octanol–water partition coefficient (Wildman–Crippen LogP) is 3.54. The summed E-state index contributed by atoms with van der Waals surface area (Å²) in [6.07, 6.45) is 3.27. The van der Waals surface area contributed by atoms with Crippen LogP contribution in [0.2, 0.25) is 0 Å². The molecule has 0 bridgehead atoms. The van der Waals surface area contributed by atoms with Crippen LogP contribution in [0.5, 0.6) is 0 Å². The SMILES string of the molecule is CC(N)C1CCCCN1C(=O)CSc1nc2ccccc2s1.Cl. The van der Waals surface area contributed by atoms with E-state index in [0.29, 0.717) is 5.75 Å². The molecule has 1 aliphatic heterocycles. The molecule has 0 saturated carbocycles. The maximum Gasteiger partial charge on any atom is 0.233 e. The zero-order chi connectivity index (χ0) is 15.5. The van der Waals surface area contributed by atoms with Crippen LogP contribution in [0.4, 0.5) is 0 Å². The molecule has 2 atom stereocenters. The third-order valence-corrected chi connectivity index (χ3v) is 6.23. The number of nitrogens with zero attached hydrogens (tertiary/aromatic N) is 2. The Morgan fingerprint density at radius 1 is 1.48 bits per heavy atom. The van der Waals surface area contributed by atoms with Crippen LogP contribution in [0.25, 0.3) is 10.2 Å². The van der Waals surface area contributed by atoms with E-state index in [1.807, 2.05) is 30.0 Å². The molecule has 0 spiro atoms. The number of carbonyl (C=O) groups is 1. The number of amides is 1. The fraction of sp³-hybridized carbons (Fsp3) is 0.500. The molecular formula is C16H22ClN3OS2. The van der Waals surface area contributed by atoms with E-state index in [1.165, 1.54) is 22.9 Å². The van der Waals surface area contributed by atoms with Crippen LogP contribution in [-0.2, 0) is 4.79 Å². The lowest BCUT2D eigenvalue weighted by atomic mass is 9.97. The maximum atomic E-state index is 12.5. The molecule has 1 saturated heterocycles. The van der Waals surface area contributed by atoms with Gasteiger partial charge in [0, 0.05) is 18.6 Å². The standard InChI is InChI=1S/C16H21N3OS2.ClH/c1-11(17)13-7-4-5-9-19(13)15(20)10-21-16-18-12-6-2-3-8-14(12)22-16;/h2-3,6,8,11,13H,4-5,7,9-10,17H2,1H3;1H. The second kappa shape index (κ2) is 8.33. The van der Waals surface area contributed by atoms with Crippen molar-refractivity contribution in [3.05, 3.63) is 24.3 Å². The molecule has 1 aromatic carbocycles. The number of benzene rings is 1. The van der Waals surface area contributed by atoms with Gasteiger partial charge in [-0.2, -0.15) is 0 Å². The topological polar surface area (TPSA) is 59.2 Å². The Balaban J connectivity index is 0.00000192. The summed E-state index contributed by atoms with van der Waals surface area (Å²) in [6, 6.07) is 8.31. The number of piperidine rings is 1. The van der Waals surface area contributed by atoms with E-state index in [-0.39, 0.29) is 30.4 Å². The molecule has 2 N–H and O–H groups in total. The van der Waals surface area contributed by atoms with Crippen molar-refractivity contribution >= 4 is 51.6 Å². The summed E-state index contributed by atoms with van der Waals surface area (Å²) in [4.78, 5) is 19.1. The van der Waals surface area contributed by atoms with Crippen LogP contribution >= 0.6 is 35.5 Å². The first-order valence-corrected chi connectivity index (χ1v) is 9.49. The molecular weight excluding hydrogens is 350 g/mol. The molecule has 0 radical (unpaired) electrons. The van der Waals surface area contributed by atoms with Gasteiger partial charge in [-0.15, -0.1) is 23.7 Å². The normalized spacial score (nSPS) is 19.4. The highest BCUT2D eigenvalue weighted by atomic mass is 35.5. The first kappa shape index (κ1) is 18.5. The summed E-state index contributed by atoms with van der Waals surface area (Å²) >= 11 is 3.19. The number of rotatable bonds is 4. The van der Waals surface area contributed by atoms with Gasteiger partial charge in [0.2, 0.25) is 5.91 Å². The smallest absolute Gasteiger partial charge is 0.233 e. The van der Waals surface area contributed by atoms with Crippen LogP contribution in [0.1, 0.15) is 26.2 Å². The molecule has 126 valence electrons. The van der Waals surface area contributed by atoms with Crippen molar-refractivity contribution in [2.45, 2.75) is 42.6 Å².